The van der Waals surface area contributed by atoms with Crippen molar-refractivity contribution < 1.29 is 18.6 Å². The third-order valence-electron chi connectivity index (χ3n) is 2.35. The Hall–Kier alpha value is -1.65. The Labute approximate surface area is 107 Å². The van der Waals surface area contributed by atoms with E-state index in [0.29, 0.717) is 16.3 Å². The Morgan fingerprint density at radius 2 is 1.89 bits per heavy atom. The van der Waals surface area contributed by atoms with E-state index in [2.05, 4.69) is 0 Å². The molecule has 0 fully saturated rings. The van der Waals surface area contributed by atoms with Crippen LogP contribution in [0.1, 0.15) is 5.56 Å². The van der Waals surface area contributed by atoms with Gasteiger partial charge in [-0.2, -0.15) is 0 Å². The smallest absolute Gasteiger partial charge is 0.162 e. The van der Waals surface area contributed by atoms with Crippen molar-refractivity contribution in [3.8, 4) is 11.5 Å². The van der Waals surface area contributed by atoms with Crippen molar-refractivity contribution in [1.82, 2.24) is 0 Å². The maximum Gasteiger partial charge on any atom is 0.162 e. The van der Waals surface area contributed by atoms with Gasteiger partial charge in [-0.25, -0.2) is 8.78 Å². The van der Waals surface area contributed by atoms with Crippen LogP contribution in [0.15, 0.2) is 36.4 Å². The van der Waals surface area contributed by atoms with Gasteiger partial charge in [0.2, 0.25) is 0 Å². The van der Waals surface area contributed by atoms with Gasteiger partial charge in [-0.1, -0.05) is 17.7 Å². The third-order valence-corrected chi connectivity index (χ3v) is 2.71. The molecule has 0 spiro atoms. The van der Waals surface area contributed by atoms with Crippen molar-refractivity contribution >= 4 is 11.6 Å². The van der Waals surface area contributed by atoms with Gasteiger partial charge in [0, 0.05) is 16.7 Å². The standard InChI is InChI=1S/C13H9ClF2O2/c14-10-2-1-3-13(9(10)7-17)18-8-4-5-11(15)12(16)6-8/h1-6,17H,7H2. The normalized spacial score (nSPS) is 10.4. The third kappa shape index (κ3) is 2.60. The summed E-state index contributed by atoms with van der Waals surface area (Å²) in [6.45, 7) is -0.307. The summed E-state index contributed by atoms with van der Waals surface area (Å²) in [5, 5.41) is 9.52. The van der Waals surface area contributed by atoms with Crippen LogP contribution in [0.2, 0.25) is 5.02 Å². The first-order valence-corrected chi connectivity index (χ1v) is 5.50. The summed E-state index contributed by atoms with van der Waals surface area (Å²) in [7, 11) is 0. The summed E-state index contributed by atoms with van der Waals surface area (Å²) >= 11 is 5.88. The van der Waals surface area contributed by atoms with Crippen LogP contribution in [-0.2, 0) is 6.61 Å². The molecule has 0 bridgehead atoms. The summed E-state index contributed by atoms with van der Waals surface area (Å²) in [6, 6.07) is 8.01. The molecule has 2 nitrogen and oxygen atoms in total. The molecule has 0 saturated carbocycles. The Morgan fingerprint density at radius 1 is 1.11 bits per heavy atom. The molecular formula is C13H9ClF2O2. The average molecular weight is 271 g/mol. The summed E-state index contributed by atoms with van der Waals surface area (Å²) < 4.78 is 31.1. The highest BCUT2D eigenvalue weighted by atomic mass is 35.5. The Bertz CT molecular complexity index is 573. The molecule has 2 rings (SSSR count). The second kappa shape index (κ2) is 5.33. The topological polar surface area (TPSA) is 29.5 Å². The number of hydrogen-bond donors (Lipinski definition) is 1. The van der Waals surface area contributed by atoms with Gasteiger partial charge in [0.05, 0.1) is 6.61 Å². The minimum atomic E-state index is -1.000. The quantitative estimate of drug-likeness (QED) is 0.916. The van der Waals surface area contributed by atoms with Crippen molar-refractivity contribution in [3.63, 3.8) is 0 Å². The largest absolute Gasteiger partial charge is 0.457 e. The molecule has 2 aromatic carbocycles. The summed E-state index contributed by atoms with van der Waals surface area (Å²) in [6.07, 6.45) is 0. The van der Waals surface area contributed by atoms with Crippen molar-refractivity contribution in [3.05, 3.63) is 58.6 Å². The number of aliphatic hydroxyl groups excluding tert-OH is 1. The second-order valence-electron chi connectivity index (χ2n) is 3.55. The Kier molecular flexibility index (Phi) is 3.79. The molecule has 1 N–H and O–H groups in total. The van der Waals surface area contributed by atoms with Gasteiger partial charge in [0.25, 0.3) is 0 Å². The van der Waals surface area contributed by atoms with Crippen LogP contribution in [0.5, 0.6) is 11.5 Å². The molecule has 0 aliphatic heterocycles. The van der Waals surface area contributed by atoms with E-state index in [1.165, 1.54) is 6.07 Å². The van der Waals surface area contributed by atoms with Crippen molar-refractivity contribution in [2.45, 2.75) is 6.61 Å². The van der Waals surface area contributed by atoms with Crippen molar-refractivity contribution in [2.75, 3.05) is 0 Å². The predicted molar refractivity (Wildman–Crippen MR) is 63.8 cm³/mol. The number of aliphatic hydroxyl groups is 1. The van der Waals surface area contributed by atoms with Crippen LogP contribution in [-0.4, -0.2) is 5.11 Å². The van der Waals surface area contributed by atoms with E-state index in [0.717, 1.165) is 12.1 Å². The first-order chi connectivity index (χ1) is 8.61. The number of benzene rings is 2. The number of hydrogen-bond acceptors (Lipinski definition) is 2. The molecule has 0 heterocycles. The van der Waals surface area contributed by atoms with Crippen LogP contribution in [0.25, 0.3) is 0 Å². The lowest BCUT2D eigenvalue weighted by Crippen LogP contribution is -1.94. The lowest BCUT2D eigenvalue weighted by molar-refractivity contribution is 0.276. The highest BCUT2D eigenvalue weighted by Crippen LogP contribution is 2.30. The van der Waals surface area contributed by atoms with Crippen molar-refractivity contribution in [1.29, 1.82) is 0 Å². The molecule has 0 atom stereocenters. The van der Waals surface area contributed by atoms with E-state index in [1.54, 1.807) is 18.2 Å². The van der Waals surface area contributed by atoms with E-state index >= 15 is 0 Å². The first kappa shape index (κ1) is 12.8. The van der Waals surface area contributed by atoms with Crippen molar-refractivity contribution in [2.24, 2.45) is 0 Å². The van der Waals surface area contributed by atoms with E-state index in [1.807, 2.05) is 0 Å². The fourth-order valence-electron chi connectivity index (χ4n) is 1.46. The van der Waals surface area contributed by atoms with Crippen LogP contribution >= 0.6 is 11.6 Å². The minimum absolute atomic E-state index is 0.130. The molecule has 0 unspecified atom stereocenters. The van der Waals surface area contributed by atoms with E-state index in [4.69, 9.17) is 16.3 Å². The number of ether oxygens (including phenoxy) is 1. The SMILES string of the molecule is OCc1c(Cl)cccc1Oc1ccc(F)c(F)c1. The molecule has 0 amide bonds. The highest BCUT2D eigenvalue weighted by molar-refractivity contribution is 6.31. The lowest BCUT2D eigenvalue weighted by atomic mass is 10.2. The van der Waals surface area contributed by atoms with Gasteiger partial charge in [-0.15, -0.1) is 0 Å². The summed E-state index contributed by atoms with van der Waals surface area (Å²) in [5.41, 5.74) is 0.392. The highest BCUT2D eigenvalue weighted by Gasteiger charge is 2.09. The predicted octanol–water partition coefficient (Wildman–Crippen LogP) is 3.90. The molecule has 2 aromatic rings. The monoisotopic (exact) mass is 270 g/mol. The van der Waals surface area contributed by atoms with Crippen LogP contribution < -0.4 is 4.74 Å². The molecule has 0 aliphatic rings. The molecule has 18 heavy (non-hydrogen) atoms. The molecule has 0 aromatic heterocycles. The number of halogens is 3. The molecule has 5 heteroatoms. The van der Waals surface area contributed by atoms with Gasteiger partial charge in [0.1, 0.15) is 11.5 Å². The molecular weight excluding hydrogens is 262 g/mol. The zero-order valence-corrected chi connectivity index (χ0v) is 9.92. The van der Waals surface area contributed by atoms with E-state index in [-0.39, 0.29) is 12.4 Å². The zero-order chi connectivity index (χ0) is 13.1. The maximum atomic E-state index is 13.0. The maximum absolute atomic E-state index is 13.0. The molecule has 0 aliphatic carbocycles. The fraction of sp³-hybridized carbons (Fsp3) is 0.0769. The van der Waals surface area contributed by atoms with E-state index < -0.39 is 11.6 Å². The Balaban J connectivity index is 2.34. The number of rotatable bonds is 3. The van der Waals surface area contributed by atoms with Gasteiger partial charge in [-0.05, 0) is 24.3 Å². The van der Waals surface area contributed by atoms with E-state index in [9.17, 15) is 13.9 Å². The van der Waals surface area contributed by atoms with Crippen LogP contribution in [0, 0.1) is 11.6 Å². The average Bonchev–Trinajstić information content (AvgIpc) is 2.34. The van der Waals surface area contributed by atoms with Gasteiger partial charge in [-0.3, -0.25) is 0 Å². The summed E-state index contributed by atoms with van der Waals surface area (Å²) in [4.78, 5) is 0. The molecule has 94 valence electrons. The van der Waals surface area contributed by atoms with Gasteiger partial charge >= 0.3 is 0 Å². The second-order valence-corrected chi connectivity index (χ2v) is 3.96. The Morgan fingerprint density at radius 3 is 2.56 bits per heavy atom. The zero-order valence-electron chi connectivity index (χ0n) is 9.16. The summed E-state index contributed by atoms with van der Waals surface area (Å²) in [5.74, 6) is -1.52. The van der Waals surface area contributed by atoms with Crippen LogP contribution in [0.4, 0.5) is 8.78 Å². The van der Waals surface area contributed by atoms with Crippen LogP contribution in [0.3, 0.4) is 0 Å². The molecule has 0 saturated heterocycles. The fourth-order valence-corrected chi connectivity index (χ4v) is 1.68. The minimum Gasteiger partial charge on any atom is -0.457 e. The van der Waals surface area contributed by atoms with Gasteiger partial charge in [0.15, 0.2) is 11.6 Å². The lowest BCUT2D eigenvalue weighted by Gasteiger charge is -2.11. The molecule has 0 radical (unpaired) electrons. The first-order valence-electron chi connectivity index (χ1n) is 5.13. The van der Waals surface area contributed by atoms with Gasteiger partial charge < -0.3 is 9.84 Å².